The Balaban J connectivity index is 1.83. The molecule has 2 N–H and O–H groups in total. The molecule has 6 nitrogen and oxygen atoms in total. The minimum Gasteiger partial charge on any atom is -0.493 e. The number of rotatable bonds is 8. The zero-order valence-corrected chi connectivity index (χ0v) is 18.4. The van der Waals surface area contributed by atoms with E-state index in [0.717, 1.165) is 11.3 Å². The molecule has 3 rings (SSSR count). The molecule has 7 heteroatoms. The van der Waals surface area contributed by atoms with E-state index in [0.29, 0.717) is 22.7 Å². The average Bonchev–Trinajstić information content (AvgIpc) is 3.31. The lowest BCUT2D eigenvalue weighted by Gasteiger charge is -2.13. The number of hydrogen-bond donors (Lipinski definition) is 2. The van der Waals surface area contributed by atoms with E-state index in [9.17, 15) is 9.59 Å². The number of methoxy groups -OCH3 is 2. The Kier molecular flexibility index (Phi) is 7.45. The van der Waals surface area contributed by atoms with Gasteiger partial charge in [-0.15, -0.1) is 11.3 Å². The van der Waals surface area contributed by atoms with Gasteiger partial charge < -0.3 is 20.1 Å². The topological polar surface area (TPSA) is 76.7 Å². The monoisotopic (exact) mass is 436 g/mol. The molecule has 0 saturated heterocycles. The first-order valence-corrected chi connectivity index (χ1v) is 10.6. The second-order valence-corrected chi connectivity index (χ2v) is 7.58. The molecule has 0 atom stereocenters. The molecule has 1 heterocycles. The van der Waals surface area contributed by atoms with E-state index in [2.05, 4.69) is 17.6 Å². The minimum atomic E-state index is -0.430. The molecular formula is C24H24N2O4S. The standard InChI is InChI=1S/C24H24N2O4S/c1-4-16-7-10-18(11-8-16)25-24(28)20(15-19-6-5-13-31-19)26-23(27)17-9-12-21(29-2)22(14-17)30-3/h5-15H,4H2,1-3H3,(H,25,28)(H,26,27)/b20-15-. The van der Waals surface area contributed by atoms with Crippen LogP contribution in [0.25, 0.3) is 6.08 Å². The van der Waals surface area contributed by atoms with Gasteiger partial charge in [0.25, 0.3) is 11.8 Å². The van der Waals surface area contributed by atoms with Gasteiger partial charge in [-0.1, -0.05) is 25.1 Å². The fraction of sp³-hybridized carbons (Fsp3) is 0.167. The van der Waals surface area contributed by atoms with Crippen LogP contribution in [-0.2, 0) is 11.2 Å². The first-order chi connectivity index (χ1) is 15.0. The summed E-state index contributed by atoms with van der Waals surface area (Å²) in [6.07, 6.45) is 2.57. The summed E-state index contributed by atoms with van der Waals surface area (Å²) < 4.78 is 10.5. The van der Waals surface area contributed by atoms with Gasteiger partial charge in [-0.3, -0.25) is 9.59 Å². The fourth-order valence-electron chi connectivity index (χ4n) is 2.87. The fourth-order valence-corrected chi connectivity index (χ4v) is 3.53. The number of carbonyl (C=O) groups excluding carboxylic acids is 2. The molecule has 0 unspecified atom stereocenters. The number of ether oxygens (including phenoxy) is 2. The molecule has 0 aliphatic carbocycles. The van der Waals surface area contributed by atoms with Crippen LogP contribution in [0.4, 0.5) is 5.69 Å². The van der Waals surface area contributed by atoms with Gasteiger partial charge in [0.15, 0.2) is 11.5 Å². The number of hydrogen-bond acceptors (Lipinski definition) is 5. The molecule has 0 saturated carbocycles. The van der Waals surface area contributed by atoms with Crippen molar-refractivity contribution in [3.63, 3.8) is 0 Å². The molecule has 0 fully saturated rings. The summed E-state index contributed by atoms with van der Waals surface area (Å²) >= 11 is 1.47. The molecule has 0 spiro atoms. The van der Waals surface area contributed by atoms with Gasteiger partial charge >= 0.3 is 0 Å². The van der Waals surface area contributed by atoms with Crippen molar-refractivity contribution in [3.8, 4) is 11.5 Å². The van der Waals surface area contributed by atoms with Gasteiger partial charge in [-0.05, 0) is 59.8 Å². The molecule has 0 bridgehead atoms. The number of aryl methyl sites for hydroxylation is 1. The predicted octanol–water partition coefficient (Wildman–Crippen LogP) is 4.74. The van der Waals surface area contributed by atoms with E-state index >= 15 is 0 Å². The summed E-state index contributed by atoms with van der Waals surface area (Å²) in [5.41, 5.74) is 2.31. The predicted molar refractivity (Wildman–Crippen MR) is 124 cm³/mol. The Labute approximate surface area is 185 Å². The van der Waals surface area contributed by atoms with Crippen molar-refractivity contribution in [1.29, 1.82) is 0 Å². The van der Waals surface area contributed by atoms with Crippen LogP contribution in [0.15, 0.2) is 65.7 Å². The van der Waals surface area contributed by atoms with Crippen molar-refractivity contribution >= 4 is 34.9 Å². The van der Waals surface area contributed by atoms with E-state index in [1.807, 2.05) is 41.8 Å². The third-order valence-electron chi connectivity index (χ3n) is 4.59. The van der Waals surface area contributed by atoms with Crippen LogP contribution >= 0.6 is 11.3 Å². The summed E-state index contributed by atoms with van der Waals surface area (Å²) in [5, 5.41) is 7.47. The van der Waals surface area contributed by atoms with Gasteiger partial charge in [0.2, 0.25) is 0 Å². The molecule has 0 aliphatic rings. The van der Waals surface area contributed by atoms with Crippen molar-refractivity contribution in [2.24, 2.45) is 0 Å². The zero-order valence-electron chi connectivity index (χ0n) is 17.6. The van der Waals surface area contributed by atoms with Gasteiger partial charge in [-0.2, -0.15) is 0 Å². The van der Waals surface area contributed by atoms with Crippen molar-refractivity contribution in [3.05, 3.63) is 81.7 Å². The quantitative estimate of drug-likeness (QED) is 0.500. The van der Waals surface area contributed by atoms with Crippen molar-refractivity contribution in [2.45, 2.75) is 13.3 Å². The Hall–Kier alpha value is -3.58. The van der Waals surface area contributed by atoms with E-state index in [4.69, 9.17) is 9.47 Å². The highest BCUT2D eigenvalue weighted by Gasteiger charge is 2.17. The second kappa shape index (κ2) is 10.4. The van der Waals surface area contributed by atoms with Crippen LogP contribution in [0.5, 0.6) is 11.5 Å². The minimum absolute atomic E-state index is 0.141. The van der Waals surface area contributed by atoms with Crippen LogP contribution in [-0.4, -0.2) is 26.0 Å². The van der Waals surface area contributed by atoms with Crippen LogP contribution in [0, 0.1) is 0 Å². The maximum absolute atomic E-state index is 12.9. The molecule has 160 valence electrons. The zero-order chi connectivity index (χ0) is 22.2. The Bertz CT molecular complexity index is 1070. The lowest BCUT2D eigenvalue weighted by atomic mass is 10.1. The molecule has 31 heavy (non-hydrogen) atoms. The van der Waals surface area contributed by atoms with Crippen molar-refractivity contribution < 1.29 is 19.1 Å². The number of amides is 2. The molecule has 3 aromatic rings. The van der Waals surface area contributed by atoms with Gasteiger partial charge in [0.1, 0.15) is 5.70 Å². The van der Waals surface area contributed by atoms with E-state index < -0.39 is 11.8 Å². The molecular weight excluding hydrogens is 412 g/mol. The van der Waals surface area contributed by atoms with E-state index in [-0.39, 0.29) is 5.70 Å². The smallest absolute Gasteiger partial charge is 0.272 e. The van der Waals surface area contributed by atoms with Gasteiger partial charge in [0.05, 0.1) is 14.2 Å². The Morgan fingerprint density at radius 1 is 1.00 bits per heavy atom. The van der Waals surface area contributed by atoms with Crippen molar-refractivity contribution in [1.82, 2.24) is 5.32 Å². The average molecular weight is 437 g/mol. The van der Waals surface area contributed by atoms with Crippen LogP contribution < -0.4 is 20.1 Å². The summed E-state index contributed by atoms with van der Waals surface area (Å²) in [4.78, 5) is 26.7. The van der Waals surface area contributed by atoms with Crippen LogP contribution in [0.3, 0.4) is 0 Å². The summed E-state index contributed by atoms with van der Waals surface area (Å²) in [6, 6.07) is 16.2. The normalized spacial score (nSPS) is 11.0. The molecule has 0 radical (unpaired) electrons. The largest absolute Gasteiger partial charge is 0.493 e. The Morgan fingerprint density at radius 2 is 1.74 bits per heavy atom. The van der Waals surface area contributed by atoms with Crippen LogP contribution in [0.1, 0.15) is 27.7 Å². The SMILES string of the molecule is CCc1ccc(NC(=O)/C(=C/c2cccs2)NC(=O)c2ccc(OC)c(OC)c2)cc1. The lowest BCUT2D eigenvalue weighted by Crippen LogP contribution is -2.30. The molecule has 2 aromatic carbocycles. The highest BCUT2D eigenvalue weighted by Crippen LogP contribution is 2.27. The van der Waals surface area contributed by atoms with Gasteiger partial charge in [-0.25, -0.2) is 0 Å². The maximum atomic E-state index is 12.9. The highest BCUT2D eigenvalue weighted by atomic mass is 32.1. The number of nitrogens with one attached hydrogen (secondary N) is 2. The summed E-state index contributed by atoms with van der Waals surface area (Å²) in [6.45, 7) is 2.07. The van der Waals surface area contributed by atoms with Crippen molar-refractivity contribution in [2.75, 3.05) is 19.5 Å². The maximum Gasteiger partial charge on any atom is 0.272 e. The highest BCUT2D eigenvalue weighted by molar-refractivity contribution is 7.10. The third kappa shape index (κ3) is 5.73. The Morgan fingerprint density at radius 3 is 2.35 bits per heavy atom. The molecule has 2 amide bonds. The van der Waals surface area contributed by atoms with E-state index in [1.54, 1.807) is 24.3 Å². The molecule has 0 aliphatic heterocycles. The van der Waals surface area contributed by atoms with Crippen LogP contribution in [0.2, 0.25) is 0 Å². The summed E-state index contributed by atoms with van der Waals surface area (Å²) in [5.74, 6) is 0.104. The lowest BCUT2D eigenvalue weighted by molar-refractivity contribution is -0.113. The van der Waals surface area contributed by atoms with E-state index in [1.165, 1.54) is 31.1 Å². The summed E-state index contributed by atoms with van der Waals surface area (Å²) in [7, 11) is 3.02. The number of carbonyl (C=O) groups is 2. The van der Waals surface area contributed by atoms with Gasteiger partial charge in [0, 0.05) is 16.1 Å². The molecule has 1 aromatic heterocycles. The first kappa shape index (κ1) is 22.1. The second-order valence-electron chi connectivity index (χ2n) is 6.60. The number of thiophene rings is 1. The first-order valence-electron chi connectivity index (χ1n) is 9.73. The number of benzene rings is 2. The number of anilines is 1. The third-order valence-corrected chi connectivity index (χ3v) is 5.41.